The predicted molar refractivity (Wildman–Crippen MR) is 148 cm³/mol. The van der Waals surface area contributed by atoms with Crippen molar-refractivity contribution in [3.05, 3.63) is 88.2 Å². The number of aromatic nitrogens is 1. The van der Waals surface area contributed by atoms with E-state index < -0.39 is 0 Å². The second kappa shape index (κ2) is 12.0. The Bertz CT molecular complexity index is 1430. The number of pyridine rings is 1. The molecule has 5 heteroatoms. The fraction of sp³-hybridized carbons (Fsp3) is 0.312. The minimum atomic E-state index is -0.125. The van der Waals surface area contributed by atoms with Gasteiger partial charge < -0.3 is 9.52 Å². The van der Waals surface area contributed by atoms with Crippen molar-refractivity contribution in [2.75, 3.05) is 0 Å². The summed E-state index contributed by atoms with van der Waals surface area (Å²) < 4.78 is 6.22. The van der Waals surface area contributed by atoms with Crippen molar-refractivity contribution in [3.8, 4) is 22.6 Å². The number of benzene rings is 2. The average molecular weight is 675 g/mol. The summed E-state index contributed by atoms with van der Waals surface area (Å²) in [5, 5.41) is 9.38. The van der Waals surface area contributed by atoms with Crippen molar-refractivity contribution < 1.29 is 34.4 Å². The third-order valence-electron chi connectivity index (χ3n) is 5.86. The molecule has 0 unspecified atom stereocenters. The summed E-state index contributed by atoms with van der Waals surface area (Å²) in [6.07, 6.45) is 1.17. The molecule has 197 valence electrons. The minimum absolute atomic E-state index is 0. The molecule has 4 rings (SSSR count). The Balaban J connectivity index is 0.000000532. The van der Waals surface area contributed by atoms with E-state index in [2.05, 4.69) is 97.0 Å². The van der Waals surface area contributed by atoms with Gasteiger partial charge in [-0.05, 0) is 62.9 Å². The van der Waals surface area contributed by atoms with Gasteiger partial charge in [0, 0.05) is 37.1 Å². The van der Waals surface area contributed by atoms with Crippen LogP contribution in [0.15, 0.2) is 58.7 Å². The normalized spacial score (nSPS) is 11.5. The number of aryl methyl sites for hydroxylation is 4. The maximum atomic E-state index is 10.0. The number of ketones is 1. The van der Waals surface area contributed by atoms with Gasteiger partial charge >= 0.3 is 0 Å². The van der Waals surface area contributed by atoms with Gasteiger partial charge in [0.05, 0.1) is 5.76 Å². The number of allylic oxidation sites excluding steroid dienone is 2. The monoisotopic (exact) mass is 675 g/mol. The van der Waals surface area contributed by atoms with E-state index in [9.17, 15) is 4.79 Å². The Labute approximate surface area is 234 Å². The number of hydrogen-bond acceptors (Lipinski definition) is 4. The van der Waals surface area contributed by atoms with Gasteiger partial charge in [-0.3, -0.25) is 9.78 Å². The summed E-state index contributed by atoms with van der Waals surface area (Å²) in [7, 11) is 0. The molecule has 0 aliphatic carbocycles. The zero-order valence-corrected chi connectivity index (χ0v) is 25.6. The van der Waals surface area contributed by atoms with Crippen LogP contribution in [0.1, 0.15) is 62.4 Å². The maximum absolute atomic E-state index is 10.0. The third kappa shape index (κ3) is 7.74. The molecule has 2 heterocycles. The van der Waals surface area contributed by atoms with Crippen molar-refractivity contribution in [3.63, 3.8) is 0 Å². The van der Waals surface area contributed by atoms with Gasteiger partial charge in [-0.15, -0.1) is 34.9 Å². The van der Waals surface area contributed by atoms with Crippen LogP contribution in [0.25, 0.3) is 33.7 Å². The molecule has 0 aliphatic rings. The molecule has 0 amide bonds. The summed E-state index contributed by atoms with van der Waals surface area (Å²) in [6.45, 7) is 18.0. The first-order valence-corrected chi connectivity index (χ1v) is 12.2. The largest absolute Gasteiger partial charge is 0.512 e. The van der Waals surface area contributed by atoms with E-state index in [1.807, 2.05) is 0 Å². The first kappa shape index (κ1) is 30.2. The Kier molecular flexibility index (Phi) is 9.82. The summed E-state index contributed by atoms with van der Waals surface area (Å²) in [6, 6.07) is 18.5. The van der Waals surface area contributed by atoms with E-state index in [1.165, 1.54) is 42.2 Å². The van der Waals surface area contributed by atoms with Gasteiger partial charge in [0.15, 0.2) is 5.78 Å². The SMILES string of the molecule is CC(=O)/C=C(/C)O.Cc1[c-]c(-c2ccc3cc(-c4c(C)cc(C)cc4C)oc3n2)cc(C(C)(C)C)c1.[Ir]. The number of fused-ring (bicyclic) bond motifs is 1. The molecule has 0 saturated heterocycles. The topological polar surface area (TPSA) is 63.3 Å². The summed E-state index contributed by atoms with van der Waals surface area (Å²) in [5.74, 6) is 0.816. The molecule has 4 nitrogen and oxygen atoms in total. The quantitative estimate of drug-likeness (QED) is 0.135. The Morgan fingerprint density at radius 2 is 1.59 bits per heavy atom. The molecule has 0 bridgehead atoms. The van der Waals surface area contributed by atoms with E-state index in [0.717, 1.165) is 33.5 Å². The molecule has 4 aromatic rings. The van der Waals surface area contributed by atoms with Crippen LogP contribution >= 0.6 is 0 Å². The zero-order valence-electron chi connectivity index (χ0n) is 23.2. The van der Waals surface area contributed by atoms with E-state index in [-0.39, 0.29) is 37.1 Å². The van der Waals surface area contributed by atoms with Crippen LogP contribution in [0.4, 0.5) is 0 Å². The number of nitrogens with zero attached hydrogens (tertiary/aromatic N) is 1. The van der Waals surface area contributed by atoms with Crippen molar-refractivity contribution in [2.24, 2.45) is 0 Å². The van der Waals surface area contributed by atoms with E-state index in [1.54, 1.807) is 0 Å². The number of carbonyl (C=O) groups excluding carboxylic acids is 1. The molecular weight excluding hydrogens is 639 g/mol. The van der Waals surface area contributed by atoms with Crippen LogP contribution in [-0.4, -0.2) is 15.9 Å². The van der Waals surface area contributed by atoms with E-state index in [4.69, 9.17) is 14.5 Å². The van der Waals surface area contributed by atoms with Gasteiger partial charge in [0.2, 0.25) is 5.71 Å². The first-order valence-electron chi connectivity index (χ1n) is 12.2. The smallest absolute Gasteiger partial charge is 0.217 e. The predicted octanol–water partition coefficient (Wildman–Crippen LogP) is 8.53. The molecule has 0 saturated carbocycles. The van der Waals surface area contributed by atoms with Crippen molar-refractivity contribution in [1.29, 1.82) is 0 Å². The van der Waals surface area contributed by atoms with Gasteiger partial charge in [-0.1, -0.05) is 57.5 Å². The molecule has 1 radical (unpaired) electrons. The molecule has 0 fully saturated rings. The maximum Gasteiger partial charge on any atom is 0.217 e. The second-order valence-corrected chi connectivity index (χ2v) is 10.6. The minimum Gasteiger partial charge on any atom is -0.512 e. The van der Waals surface area contributed by atoms with Crippen LogP contribution in [-0.2, 0) is 30.3 Å². The number of aliphatic hydroxyl groups is 1. The van der Waals surface area contributed by atoms with Crippen LogP contribution in [0.5, 0.6) is 0 Å². The van der Waals surface area contributed by atoms with Crippen LogP contribution < -0.4 is 0 Å². The number of furan rings is 1. The molecule has 2 aromatic heterocycles. The summed E-state index contributed by atoms with van der Waals surface area (Å²) in [5.41, 5.74) is 9.95. The number of hydrogen-bond donors (Lipinski definition) is 1. The number of carbonyl (C=O) groups is 1. The van der Waals surface area contributed by atoms with Gasteiger partial charge in [0.1, 0.15) is 5.76 Å². The van der Waals surface area contributed by atoms with Crippen LogP contribution in [0.3, 0.4) is 0 Å². The second-order valence-electron chi connectivity index (χ2n) is 10.6. The molecular formula is C32H36IrNO3-. The zero-order chi connectivity index (χ0) is 26.8. The molecule has 0 spiro atoms. The first-order chi connectivity index (χ1) is 16.7. The van der Waals surface area contributed by atoms with E-state index in [0.29, 0.717) is 5.71 Å². The molecule has 0 atom stereocenters. The number of rotatable bonds is 3. The average Bonchev–Trinajstić information content (AvgIpc) is 3.14. The van der Waals surface area contributed by atoms with E-state index >= 15 is 0 Å². The van der Waals surface area contributed by atoms with Crippen LogP contribution in [0.2, 0.25) is 0 Å². The third-order valence-corrected chi connectivity index (χ3v) is 5.86. The summed E-state index contributed by atoms with van der Waals surface area (Å²) in [4.78, 5) is 14.9. The Morgan fingerprint density at radius 3 is 2.11 bits per heavy atom. The van der Waals surface area contributed by atoms with Gasteiger partial charge in [-0.25, -0.2) is 0 Å². The fourth-order valence-corrected chi connectivity index (χ4v) is 4.34. The standard InChI is InChI=1S/C27H28NO.C5H8O2.Ir/c1-16-10-18(3)25(19(4)11-16)24-15-20-8-9-23(28-26(20)29-24)21-12-17(2)13-22(14-21)27(5,6)7;1-4(6)3-5(2)7;/h8-11,13-15H,1-7H3;3,6H,1-2H3;/q-1;;/b;4-3-;. The Morgan fingerprint density at radius 1 is 0.973 bits per heavy atom. The molecule has 2 aromatic carbocycles. The van der Waals surface area contributed by atoms with Crippen molar-refractivity contribution >= 4 is 16.9 Å². The molecule has 37 heavy (non-hydrogen) atoms. The van der Waals surface area contributed by atoms with Gasteiger partial charge in [-0.2, -0.15) is 0 Å². The molecule has 0 aliphatic heterocycles. The van der Waals surface area contributed by atoms with Gasteiger partial charge in [0.25, 0.3) is 0 Å². The summed E-state index contributed by atoms with van der Waals surface area (Å²) >= 11 is 0. The fourth-order valence-electron chi connectivity index (χ4n) is 4.34. The van der Waals surface area contributed by atoms with Crippen LogP contribution in [0, 0.1) is 33.8 Å². The Hall–Kier alpha value is -3.01. The molecule has 1 N–H and O–H groups in total. The van der Waals surface area contributed by atoms with Crippen molar-refractivity contribution in [1.82, 2.24) is 4.98 Å². The van der Waals surface area contributed by atoms with Crippen molar-refractivity contribution in [2.45, 2.75) is 67.7 Å². The number of aliphatic hydroxyl groups excluding tert-OH is 1.